The molecule has 1 aromatic carbocycles. The molecule has 11 heteroatoms. The van der Waals surface area contributed by atoms with Crippen LogP contribution in [0.3, 0.4) is 0 Å². The van der Waals surface area contributed by atoms with Crippen molar-refractivity contribution in [2.75, 3.05) is 66.8 Å². The van der Waals surface area contributed by atoms with Gasteiger partial charge < -0.3 is 29.5 Å². The van der Waals surface area contributed by atoms with Crippen LogP contribution in [0.15, 0.2) is 64.2 Å². The lowest BCUT2D eigenvalue weighted by molar-refractivity contribution is -0.130. The fourth-order valence-corrected chi connectivity index (χ4v) is 4.19. The number of hydrogen-bond acceptors (Lipinski definition) is 8. The Morgan fingerprint density at radius 1 is 1.25 bits per heavy atom. The smallest absolute Gasteiger partial charge is 0.267 e. The van der Waals surface area contributed by atoms with E-state index in [4.69, 9.17) is 14.2 Å². The summed E-state index contributed by atoms with van der Waals surface area (Å²) in [5.41, 5.74) is 1.55. The van der Waals surface area contributed by atoms with E-state index in [0.29, 0.717) is 17.8 Å². The van der Waals surface area contributed by atoms with Crippen molar-refractivity contribution < 1.29 is 33.3 Å². The van der Waals surface area contributed by atoms with Crippen molar-refractivity contribution in [2.24, 2.45) is 4.99 Å². The second-order valence-electron chi connectivity index (χ2n) is 10.2. The number of halogens is 1. The van der Waals surface area contributed by atoms with E-state index in [0.717, 1.165) is 25.3 Å². The third kappa shape index (κ3) is 8.00. The molecule has 3 aliphatic rings. The average Bonchev–Trinajstić information content (AvgIpc) is 2.91. The minimum atomic E-state index is -0.716. The van der Waals surface area contributed by atoms with Crippen molar-refractivity contribution in [1.29, 1.82) is 0 Å². The number of ether oxygens (including phenoxy) is 3. The van der Waals surface area contributed by atoms with Gasteiger partial charge in [0.25, 0.3) is 11.8 Å². The van der Waals surface area contributed by atoms with E-state index in [-0.39, 0.29) is 49.9 Å². The number of aliphatic hydroxyl groups is 1. The third-order valence-corrected chi connectivity index (χ3v) is 6.86. The van der Waals surface area contributed by atoms with Gasteiger partial charge in [0.2, 0.25) is 0 Å². The topological polar surface area (TPSA) is 113 Å². The maximum Gasteiger partial charge on any atom is 0.267 e. The molecule has 218 valence electrons. The molecule has 0 atom stereocenters. The Balaban J connectivity index is 0.000000415. The highest BCUT2D eigenvalue weighted by molar-refractivity contribution is 6.19. The van der Waals surface area contributed by atoms with Gasteiger partial charge in [-0.15, -0.1) is 0 Å². The minimum absolute atomic E-state index is 0.171. The summed E-state index contributed by atoms with van der Waals surface area (Å²) in [6, 6.07) is 5.99. The van der Waals surface area contributed by atoms with E-state index in [2.05, 4.69) is 42.7 Å². The molecule has 0 radical (unpaired) electrons. The molecule has 40 heavy (non-hydrogen) atoms. The van der Waals surface area contributed by atoms with Gasteiger partial charge in [-0.05, 0) is 38.6 Å². The first-order valence-corrected chi connectivity index (χ1v) is 13.1. The van der Waals surface area contributed by atoms with Crippen LogP contribution in [0.25, 0.3) is 0 Å². The predicted octanol–water partition coefficient (Wildman–Crippen LogP) is 2.38. The number of allylic oxidation sites excluding steroid dienone is 1. The monoisotopic (exact) mass is 558 g/mol. The van der Waals surface area contributed by atoms with Gasteiger partial charge in [-0.3, -0.25) is 19.5 Å². The highest BCUT2D eigenvalue weighted by Crippen LogP contribution is 2.27. The molecular formula is C29H39FN4O6. The van der Waals surface area contributed by atoms with Gasteiger partial charge >= 0.3 is 0 Å². The quantitative estimate of drug-likeness (QED) is 0.407. The van der Waals surface area contributed by atoms with Crippen LogP contribution >= 0.6 is 0 Å². The first kappa shape index (κ1) is 31.0. The van der Waals surface area contributed by atoms with Crippen molar-refractivity contribution in [3.8, 4) is 0 Å². The number of aliphatic imine (C=N–C) groups is 1. The van der Waals surface area contributed by atoms with Crippen LogP contribution in [0.4, 0.5) is 4.39 Å². The molecule has 2 bridgehead atoms. The molecule has 0 spiro atoms. The average molecular weight is 559 g/mol. The van der Waals surface area contributed by atoms with E-state index in [1.165, 1.54) is 30.4 Å². The number of likely N-dealkylation sites (N-methyl/N-ethyl adjacent to an activating group) is 1. The fourth-order valence-electron chi connectivity index (χ4n) is 4.19. The number of carbonyl (C=O) groups is 2. The predicted molar refractivity (Wildman–Crippen MR) is 149 cm³/mol. The van der Waals surface area contributed by atoms with Crippen molar-refractivity contribution >= 4 is 18.0 Å². The molecular weight excluding hydrogens is 519 g/mol. The summed E-state index contributed by atoms with van der Waals surface area (Å²) in [5, 5.41) is 13.0. The third-order valence-electron chi connectivity index (χ3n) is 6.86. The molecule has 0 aromatic heterocycles. The molecule has 3 aliphatic heterocycles. The number of amides is 2. The van der Waals surface area contributed by atoms with Crippen LogP contribution in [-0.4, -0.2) is 105 Å². The molecule has 4 rings (SSSR count). The molecule has 0 aliphatic carbocycles. The van der Waals surface area contributed by atoms with Gasteiger partial charge in [0.15, 0.2) is 0 Å². The molecule has 2 saturated heterocycles. The number of aliphatic hydroxyl groups excluding tert-OH is 1. The van der Waals surface area contributed by atoms with Crippen molar-refractivity contribution in [2.45, 2.75) is 25.8 Å². The van der Waals surface area contributed by atoms with Gasteiger partial charge in [-0.2, -0.15) is 0 Å². The van der Waals surface area contributed by atoms with Crippen molar-refractivity contribution in [1.82, 2.24) is 15.1 Å². The molecule has 1 aromatic rings. The van der Waals surface area contributed by atoms with Crippen LogP contribution in [-0.2, 0) is 30.2 Å². The number of fused-ring (bicyclic) bond motifs is 2. The first-order valence-electron chi connectivity index (χ1n) is 13.1. The lowest BCUT2D eigenvalue weighted by atomic mass is 10.0. The van der Waals surface area contributed by atoms with Crippen LogP contribution in [0, 0.1) is 5.82 Å². The highest BCUT2D eigenvalue weighted by Gasteiger charge is 2.34. The number of morpholine rings is 2. The Bertz CT molecular complexity index is 1180. The van der Waals surface area contributed by atoms with Gasteiger partial charge in [-0.1, -0.05) is 18.7 Å². The van der Waals surface area contributed by atoms with Crippen LogP contribution in [0.2, 0.25) is 0 Å². The zero-order valence-electron chi connectivity index (χ0n) is 23.7. The number of carbonyl (C=O) groups excluding carboxylic acids is 2. The Morgan fingerprint density at radius 3 is 2.60 bits per heavy atom. The van der Waals surface area contributed by atoms with Gasteiger partial charge in [0.1, 0.15) is 29.5 Å². The number of rotatable bonds is 6. The number of benzene rings is 1. The summed E-state index contributed by atoms with van der Waals surface area (Å²) < 4.78 is 29.2. The zero-order chi connectivity index (χ0) is 29.3. The van der Waals surface area contributed by atoms with Crippen LogP contribution in [0.5, 0.6) is 0 Å². The van der Waals surface area contributed by atoms with E-state index in [9.17, 15) is 19.1 Å². The first-order chi connectivity index (χ1) is 19.0. The van der Waals surface area contributed by atoms with Gasteiger partial charge in [0, 0.05) is 43.9 Å². The lowest BCUT2D eigenvalue weighted by Gasteiger charge is -2.39. The molecule has 2 N–H and O–H groups in total. The van der Waals surface area contributed by atoms with E-state index >= 15 is 0 Å². The summed E-state index contributed by atoms with van der Waals surface area (Å²) >= 11 is 0. The number of methoxy groups -OCH3 is 1. The Hall–Kier alpha value is -3.54. The number of hydrogen-bond donors (Lipinski definition) is 2. The summed E-state index contributed by atoms with van der Waals surface area (Å²) in [6.45, 7) is 11.7. The maximum atomic E-state index is 13.2. The normalized spacial score (nSPS) is 23.2. The van der Waals surface area contributed by atoms with Crippen LogP contribution in [0.1, 0.15) is 19.4 Å². The maximum absolute atomic E-state index is 13.2. The summed E-state index contributed by atoms with van der Waals surface area (Å²) in [4.78, 5) is 33.6. The lowest BCUT2D eigenvalue weighted by Crippen LogP contribution is -2.50. The van der Waals surface area contributed by atoms with E-state index in [1.54, 1.807) is 12.1 Å². The SMILES string of the molecule is C=C1/C2=C(/Cc3ccc(F)cc3)C=NC/C(O)=C(/C(=O)NCCOC)C(=O)N1CCO2.CN1CCOCC1(C)C. The van der Waals surface area contributed by atoms with Crippen LogP contribution < -0.4 is 5.32 Å². The Morgan fingerprint density at radius 2 is 1.98 bits per heavy atom. The summed E-state index contributed by atoms with van der Waals surface area (Å²) in [6.07, 6.45) is 1.87. The molecule has 2 amide bonds. The summed E-state index contributed by atoms with van der Waals surface area (Å²) in [7, 11) is 3.63. The number of nitrogens with one attached hydrogen (secondary N) is 1. The minimum Gasteiger partial charge on any atom is -0.509 e. The van der Waals surface area contributed by atoms with E-state index in [1.807, 2.05) is 0 Å². The Labute approximate surface area is 234 Å². The molecule has 2 fully saturated rings. The molecule has 0 saturated carbocycles. The van der Waals surface area contributed by atoms with Gasteiger partial charge in [-0.25, -0.2) is 4.39 Å². The molecule has 3 heterocycles. The molecule has 10 nitrogen and oxygen atoms in total. The van der Waals surface area contributed by atoms with Crippen molar-refractivity contribution in [3.05, 3.63) is 70.6 Å². The standard InChI is InChI=1S/C22H24FN3O5.C7H15NO/c1-14-20-16(11-15-3-5-17(23)6-4-15)12-24-13-18(27)19(21(28)25-7-9-30-2)22(29)26(14)8-10-31-20;1-7(2)6-9-5-4-8(7)3/h3-6,12,27H,1,7-11,13H2,2H3,(H,25,28);4-6H2,1-3H3/b19-18+,20-16+,24-12?;. The second kappa shape index (κ2) is 14.2. The Kier molecular flexibility index (Phi) is 11.0. The second-order valence-corrected chi connectivity index (χ2v) is 10.2. The largest absolute Gasteiger partial charge is 0.509 e. The number of nitrogens with zero attached hydrogens (tertiary/aromatic N) is 3. The fraction of sp³-hybridized carbons (Fsp3) is 0.483. The van der Waals surface area contributed by atoms with E-state index < -0.39 is 23.1 Å². The zero-order valence-corrected chi connectivity index (χ0v) is 23.7. The highest BCUT2D eigenvalue weighted by atomic mass is 19.1. The van der Waals surface area contributed by atoms with Crippen molar-refractivity contribution in [3.63, 3.8) is 0 Å². The summed E-state index contributed by atoms with van der Waals surface area (Å²) in [5.74, 6) is -1.82. The van der Waals surface area contributed by atoms with Gasteiger partial charge in [0.05, 0.1) is 38.6 Å². The molecule has 0 unspecified atom stereocenters.